The standard InChI is InChI=1S/C27H28ClN3O3/c1-17(2)26(33)29-20-14-13-18(3)23(15-20)30-25(32)16-24(19-9-5-4-6-10-19)31-27(34)21-11-7-8-12-22(21)28/h4-15,17,24H,16H2,1-3H3,(H,29,33)(H,30,32)(H,31,34). The molecule has 1 unspecified atom stereocenters. The Morgan fingerprint density at radius 3 is 2.24 bits per heavy atom. The number of aryl methyl sites for hydroxylation is 1. The van der Waals surface area contributed by atoms with Gasteiger partial charge in [0.25, 0.3) is 5.91 Å². The van der Waals surface area contributed by atoms with Crippen LogP contribution < -0.4 is 16.0 Å². The minimum Gasteiger partial charge on any atom is -0.345 e. The Morgan fingerprint density at radius 1 is 0.882 bits per heavy atom. The third-order valence-electron chi connectivity index (χ3n) is 5.32. The molecule has 0 saturated carbocycles. The molecule has 3 rings (SSSR count). The number of benzene rings is 3. The van der Waals surface area contributed by atoms with Crippen LogP contribution in [-0.2, 0) is 9.59 Å². The highest BCUT2D eigenvalue weighted by molar-refractivity contribution is 6.33. The van der Waals surface area contributed by atoms with Gasteiger partial charge in [0.1, 0.15) is 0 Å². The number of halogens is 1. The number of nitrogens with one attached hydrogen (secondary N) is 3. The maximum absolute atomic E-state index is 13.0. The average Bonchev–Trinajstić information content (AvgIpc) is 2.81. The molecule has 0 bridgehead atoms. The zero-order valence-electron chi connectivity index (χ0n) is 19.4. The van der Waals surface area contributed by atoms with E-state index in [1.807, 2.05) is 57.2 Å². The second-order valence-electron chi connectivity index (χ2n) is 8.34. The molecule has 34 heavy (non-hydrogen) atoms. The minimum atomic E-state index is -0.561. The predicted molar refractivity (Wildman–Crippen MR) is 136 cm³/mol. The summed E-state index contributed by atoms with van der Waals surface area (Å²) >= 11 is 6.18. The molecule has 176 valence electrons. The molecule has 6 nitrogen and oxygen atoms in total. The number of anilines is 2. The number of carbonyl (C=O) groups is 3. The lowest BCUT2D eigenvalue weighted by atomic mass is 10.0. The lowest BCUT2D eigenvalue weighted by molar-refractivity contribution is -0.119. The fourth-order valence-electron chi connectivity index (χ4n) is 3.33. The lowest BCUT2D eigenvalue weighted by Gasteiger charge is -2.20. The van der Waals surface area contributed by atoms with Gasteiger partial charge in [-0.2, -0.15) is 0 Å². The van der Waals surface area contributed by atoms with Gasteiger partial charge < -0.3 is 16.0 Å². The molecule has 3 N–H and O–H groups in total. The molecule has 1 atom stereocenters. The Morgan fingerprint density at radius 2 is 1.56 bits per heavy atom. The summed E-state index contributed by atoms with van der Waals surface area (Å²) in [5.41, 5.74) is 3.19. The molecule has 0 radical (unpaired) electrons. The van der Waals surface area contributed by atoms with Crippen molar-refractivity contribution in [1.82, 2.24) is 5.32 Å². The van der Waals surface area contributed by atoms with E-state index in [1.54, 1.807) is 36.4 Å². The normalized spacial score (nSPS) is 11.6. The summed E-state index contributed by atoms with van der Waals surface area (Å²) in [6.07, 6.45) is 0.0161. The van der Waals surface area contributed by atoms with Crippen molar-refractivity contribution < 1.29 is 14.4 Å². The van der Waals surface area contributed by atoms with Crippen LogP contribution in [0.25, 0.3) is 0 Å². The third-order valence-corrected chi connectivity index (χ3v) is 5.65. The van der Waals surface area contributed by atoms with Crippen LogP contribution in [0.3, 0.4) is 0 Å². The maximum Gasteiger partial charge on any atom is 0.253 e. The first-order chi connectivity index (χ1) is 16.2. The van der Waals surface area contributed by atoms with Crippen LogP contribution in [0.2, 0.25) is 5.02 Å². The van der Waals surface area contributed by atoms with Gasteiger partial charge in [-0.15, -0.1) is 0 Å². The summed E-state index contributed by atoms with van der Waals surface area (Å²) in [7, 11) is 0. The van der Waals surface area contributed by atoms with Crippen molar-refractivity contribution in [1.29, 1.82) is 0 Å². The van der Waals surface area contributed by atoms with Crippen LogP contribution in [0.4, 0.5) is 11.4 Å². The van der Waals surface area contributed by atoms with E-state index in [2.05, 4.69) is 16.0 Å². The highest BCUT2D eigenvalue weighted by atomic mass is 35.5. The van der Waals surface area contributed by atoms with Gasteiger partial charge in [0.15, 0.2) is 0 Å². The monoisotopic (exact) mass is 477 g/mol. The third kappa shape index (κ3) is 6.68. The number of carbonyl (C=O) groups excluding carboxylic acids is 3. The van der Waals surface area contributed by atoms with Crippen LogP contribution in [0.5, 0.6) is 0 Å². The first-order valence-electron chi connectivity index (χ1n) is 11.1. The fourth-order valence-corrected chi connectivity index (χ4v) is 3.55. The molecule has 0 aromatic heterocycles. The molecule has 0 saturated heterocycles. The van der Waals surface area contributed by atoms with Gasteiger partial charge in [-0.25, -0.2) is 0 Å². The molecule has 0 aliphatic carbocycles. The molecule has 0 fully saturated rings. The van der Waals surface area contributed by atoms with Crippen molar-refractivity contribution in [2.75, 3.05) is 10.6 Å². The summed E-state index contributed by atoms with van der Waals surface area (Å²) in [6.45, 7) is 5.50. The molecule has 0 spiro atoms. The number of hydrogen-bond acceptors (Lipinski definition) is 3. The summed E-state index contributed by atoms with van der Waals surface area (Å²) in [6, 6.07) is 20.9. The van der Waals surface area contributed by atoms with Crippen LogP contribution in [0.15, 0.2) is 72.8 Å². The Bertz CT molecular complexity index is 1180. The Labute approximate surface area is 204 Å². The quantitative estimate of drug-likeness (QED) is 0.386. The van der Waals surface area contributed by atoms with Gasteiger partial charge in [-0.05, 0) is 42.3 Å². The highest BCUT2D eigenvalue weighted by Crippen LogP contribution is 2.24. The second kappa shape index (κ2) is 11.5. The Balaban J connectivity index is 1.77. The molecule has 7 heteroatoms. The van der Waals surface area contributed by atoms with Crippen molar-refractivity contribution >= 4 is 40.7 Å². The SMILES string of the molecule is Cc1ccc(NC(=O)C(C)C)cc1NC(=O)CC(NC(=O)c1ccccc1Cl)c1ccccc1. The second-order valence-corrected chi connectivity index (χ2v) is 8.75. The van der Waals surface area contributed by atoms with E-state index in [9.17, 15) is 14.4 Å². The van der Waals surface area contributed by atoms with E-state index in [0.717, 1.165) is 11.1 Å². The van der Waals surface area contributed by atoms with E-state index in [-0.39, 0.29) is 30.1 Å². The number of hydrogen-bond donors (Lipinski definition) is 3. The van der Waals surface area contributed by atoms with E-state index >= 15 is 0 Å². The predicted octanol–water partition coefficient (Wildman–Crippen LogP) is 5.74. The molecule has 0 aliphatic rings. The minimum absolute atomic E-state index is 0.0161. The Kier molecular flexibility index (Phi) is 8.44. The van der Waals surface area contributed by atoms with Crippen molar-refractivity contribution in [3.8, 4) is 0 Å². The summed E-state index contributed by atoms with van der Waals surface area (Å²) in [5, 5.41) is 9.02. The zero-order valence-corrected chi connectivity index (χ0v) is 20.1. The maximum atomic E-state index is 13.0. The van der Waals surface area contributed by atoms with Crippen LogP contribution in [0.1, 0.15) is 47.8 Å². The van der Waals surface area contributed by atoms with E-state index in [0.29, 0.717) is 22.0 Å². The van der Waals surface area contributed by atoms with Crippen molar-refractivity contribution in [3.05, 3.63) is 94.5 Å². The topological polar surface area (TPSA) is 87.3 Å². The van der Waals surface area contributed by atoms with Gasteiger partial charge >= 0.3 is 0 Å². The van der Waals surface area contributed by atoms with Crippen LogP contribution in [-0.4, -0.2) is 17.7 Å². The van der Waals surface area contributed by atoms with Gasteiger partial charge in [-0.1, -0.05) is 74.0 Å². The van der Waals surface area contributed by atoms with E-state index < -0.39 is 6.04 Å². The molecule has 3 amide bonds. The van der Waals surface area contributed by atoms with Crippen LogP contribution >= 0.6 is 11.6 Å². The van der Waals surface area contributed by atoms with E-state index in [1.165, 1.54) is 0 Å². The number of rotatable bonds is 8. The summed E-state index contributed by atoms with van der Waals surface area (Å²) < 4.78 is 0. The van der Waals surface area contributed by atoms with Crippen molar-refractivity contribution in [2.24, 2.45) is 5.92 Å². The van der Waals surface area contributed by atoms with Gasteiger partial charge in [0.2, 0.25) is 11.8 Å². The number of amides is 3. The Hall–Kier alpha value is -3.64. The molecular formula is C27H28ClN3O3. The molecule has 3 aromatic rings. The van der Waals surface area contributed by atoms with Gasteiger partial charge in [0.05, 0.1) is 23.0 Å². The summed E-state index contributed by atoms with van der Waals surface area (Å²) in [4.78, 5) is 37.9. The van der Waals surface area contributed by atoms with Crippen LogP contribution in [0, 0.1) is 12.8 Å². The summed E-state index contributed by atoms with van der Waals surface area (Å²) in [5.74, 6) is -0.897. The molecule has 0 heterocycles. The van der Waals surface area contributed by atoms with Gasteiger partial charge in [-0.3, -0.25) is 14.4 Å². The van der Waals surface area contributed by atoms with Gasteiger partial charge in [0, 0.05) is 17.3 Å². The first kappa shape index (κ1) is 25.0. The molecule has 0 aliphatic heterocycles. The molecule has 3 aromatic carbocycles. The van der Waals surface area contributed by atoms with E-state index in [4.69, 9.17) is 11.6 Å². The average molecular weight is 478 g/mol. The first-order valence-corrected chi connectivity index (χ1v) is 11.4. The zero-order chi connectivity index (χ0) is 24.7. The van der Waals surface area contributed by atoms with Crippen molar-refractivity contribution in [2.45, 2.75) is 33.2 Å². The molecular weight excluding hydrogens is 450 g/mol. The van der Waals surface area contributed by atoms with Crippen molar-refractivity contribution in [3.63, 3.8) is 0 Å². The highest BCUT2D eigenvalue weighted by Gasteiger charge is 2.21. The lowest BCUT2D eigenvalue weighted by Crippen LogP contribution is -2.31. The largest absolute Gasteiger partial charge is 0.345 e. The fraction of sp³-hybridized carbons (Fsp3) is 0.222. The smallest absolute Gasteiger partial charge is 0.253 e.